The van der Waals surface area contributed by atoms with Gasteiger partial charge >= 0.3 is 0 Å². The summed E-state index contributed by atoms with van der Waals surface area (Å²) in [6.07, 6.45) is 2.08. The van der Waals surface area contributed by atoms with Crippen molar-refractivity contribution in [2.75, 3.05) is 10.6 Å². The molecule has 2 heterocycles. The monoisotopic (exact) mass is 368 g/mol. The molecule has 0 saturated carbocycles. The summed E-state index contributed by atoms with van der Waals surface area (Å²) in [6.45, 7) is 8.63. The second-order valence-corrected chi connectivity index (χ2v) is 7.05. The van der Waals surface area contributed by atoms with E-state index in [0.717, 1.165) is 23.1 Å². The van der Waals surface area contributed by atoms with Crippen LogP contribution >= 0.6 is 0 Å². The summed E-state index contributed by atoms with van der Waals surface area (Å²) >= 11 is 0. The van der Waals surface area contributed by atoms with Crippen LogP contribution in [0.1, 0.15) is 45.7 Å². The zero-order chi connectivity index (χ0) is 19.4. The van der Waals surface area contributed by atoms with Crippen molar-refractivity contribution in [3.63, 3.8) is 0 Å². The van der Waals surface area contributed by atoms with Crippen LogP contribution in [0.4, 0.5) is 11.8 Å². The molecule has 0 radical (unpaired) electrons. The minimum absolute atomic E-state index is 0.111. The maximum atomic E-state index is 9.96. The summed E-state index contributed by atoms with van der Waals surface area (Å²) in [6, 6.07) is 10.3. The summed E-state index contributed by atoms with van der Waals surface area (Å²) in [4.78, 5) is 13.8. The van der Waals surface area contributed by atoms with Gasteiger partial charge in [-0.1, -0.05) is 37.3 Å². The van der Waals surface area contributed by atoms with Gasteiger partial charge in [-0.05, 0) is 32.8 Å². The highest BCUT2D eigenvalue weighted by molar-refractivity contribution is 5.84. The Morgan fingerprint density at radius 1 is 1.11 bits per heavy atom. The molecule has 2 atom stereocenters. The molecule has 3 rings (SSSR count). The molecule has 1 unspecified atom stereocenters. The Hall–Kier alpha value is -2.67. The van der Waals surface area contributed by atoms with Crippen molar-refractivity contribution in [2.24, 2.45) is 0 Å². The minimum atomic E-state index is -0.495. The molecule has 0 bridgehead atoms. The number of fused-ring (bicyclic) bond motifs is 1. The fourth-order valence-electron chi connectivity index (χ4n) is 2.99. The van der Waals surface area contributed by atoms with Crippen molar-refractivity contribution in [3.8, 4) is 0 Å². The van der Waals surface area contributed by atoms with Gasteiger partial charge in [0.1, 0.15) is 0 Å². The first-order chi connectivity index (χ1) is 13.0. The van der Waals surface area contributed by atoms with Crippen LogP contribution in [0.2, 0.25) is 0 Å². The standard InChI is InChI=1S/C20H28N6O/c1-5-16(14(4)27)23-20-24-18(21-11-15-9-7-6-8-10-15)17-19(25-20)26(12-22-17)13(2)3/h6-10,12-14,16,27H,5,11H2,1-4H3,(H2,21,23,24,25)/t14-,16?/m1/s1. The van der Waals surface area contributed by atoms with Gasteiger partial charge in [-0.15, -0.1) is 0 Å². The zero-order valence-electron chi connectivity index (χ0n) is 16.3. The average Bonchev–Trinajstić information content (AvgIpc) is 3.09. The van der Waals surface area contributed by atoms with E-state index in [0.29, 0.717) is 18.3 Å². The summed E-state index contributed by atoms with van der Waals surface area (Å²) in [7, 11) is 0. The van der Waals surface area contributed by atoms with Gasteiger partial charge < -0.3 is 20.3 Å². The van der Waals surface area contributed by atoms with Crippen molar-refractivity contribution >= 4 is 22.9 Å². The molecule has 3 aromatic rings. The lowest BCUT2D eigenvalue weighted by Crippen LogP contribution is -2.31. The predicted molar refractivity (Wildman–Crippen MR) is 109 cm³/mol. The molecular weight excluding hydrogens is 340 g/mol. The van der Waals surface area contributed by atoms with E-state index in [1.165, 1.54) is 0 Å². The number of aliphatic hydroxyl groups is 1. The molecule has 0 amide bonds. The second kappa shape index (κ2) is 8.35. The molecule has 144 valence electrons. The largest absolute Gasteiger partial charge is 0.391 e. The lowest BCUT2D eigenvalue weighted by Gasteiger charge is -2.20. The Labute approximate surface area is 159 Å². The molecule has 0 spiro atoms. The third-order valence-corrected chi connectivity index (χ3v) is 4.62. The van der Waals surface area contributed by atoms with E-state index in [4.69, 9.17) is 0 Å². The molecule has 1 aromatic carbocycles. The summed E-state index contributed by atoms with van der Waals surface area (Å²) in [5.74, 6) is 1.18. The number of rotatable bonds is 8. The number of hydrogen-bond acceptors (Lipinski definition) is 6. The summed E-state index contributed by atoms with van der Waals surface area (Å²) in [5.41, 5.74) is 2.69. The van der Waals surface area contributed by atoms with E-state index in [9.17, 15) is 5.11 Å². The van der Waals surface area contributed by atoms with E-state index in [1.807, 2.05) is 29.7 Å². The number of imidazole rings is 1. The van der Waals surface area contributed by atoms with Crippen LogP contribution in [0.5, 0.6) is 0 Å². The number of aromatic nitrogens is 4. The van der Waals surface area contributed by atoms with Gasteiger partial charge in [0, 0.05) is 12.6 Å². The van der Waals surface area contributed by atoms with Crippen LogP contribution in [0.15, 0.2) is 36.7 Å². The lowest BCUT2D eigenvalue weighted by atomic mass is 10.1. The highest BCUT2D eigenvalue weighted by atomic mass is 16.3. The third kappa shape index (κ3) is 4.36. The molecule has 0 saturated heterocycles. The van der Waals surface area contributed by atoms with Crippen LogP contribution in [0.25, 0.3) is 11.2 Å². The third-order valence-electron chi connectivity index (χ3n) is 4.62. The van der Waals surface area contributed by atoms with Gasteiger partial charge in [0.05, 0.1) is 18.5 Å². The van der Waals surface area contributed by atoms with Gasteiger partial charge in [0.25, 0.3) is 0 Å². The van der Waals surface area contributed by atoms with Crippen LogP contribution in [-0.4, -0.2) is 36.8 Å². The molecule has 0 aliphatic rings. The van der Waals surface area contributed by atoms with Crippen LogP contribution in [0, 0.1) is 0 Å². The van der Waals surface area contributed by atoms with E-state index >= 15 is 0 Å². The molecule has 0 aliphatic heterocycles. The number of nitrogens with one attached hydrogen (secondary N) is 2. The minimum Gasteiger partial charge on any atom is -0.391 e. The Morgan fingerprint density at radius 2 is 1.85 bits per heavy atom. The van der Waals surface area contributed by atoms with E-state index in [1.54, 1.807) is 13.3 Å². The topological polar surface area (TPSA) is 87.9 Å². The smallest absolute Gasteiger partial charge is 0.227 e. The molecular formula is C20H28N6O. The highest BCUT2D eigenvalue weighted by Gasteiger charge is 2.18. The van der Waals surface area contributed by atoms with E-state index in [-0.39, 0.29) is 12.1 Å². The molecule has 7 nitrogen and oxygen atoms in total. The van der Waals surface area contributed by atoms with Crippen molar-refractivity contribution < 1.29 is 5.11 Å². The molecule has 0 fully saturated rings. The first-order valence-electron chi connectivity index (χ1n) is 9.46. The second-order valence-electron chi connectivity index (χ2n) is 7.05. The maximum Gasteiger partial charge on any atom is 0.227 e. The van der Waals surface area contributed by atoms with Crippen molar-refractivity contribution in [2.45, 2.75) is 58.8 Å². The van der Waals surface area contributed by atoms with E-state index in [2.05, 4.69) is 51.6 Å². The number of benzene rings is 1. The van der Waals surface area contributed by atoms with Gasteiger partial charge in [0.2, 0.25) is 5.95 Å². The van der Waals surface area contributed by atoms with Gasteiger partial charge in [-0.2, -0.15) is 9.97 Å². The van der Waals surface area contributed by atoms with Crippen molar-refractivity contribution in [3.05, 3.63) is 42.2 Å². The van der Waals surface area contributed by atoms with Gasteiger partial charge in [-0.3, -0.25) is 0 Å². The fourth-order valence-corrected chi connectivity index (χ4v) is 2.99. The summed E-state index contributed by atoms with van der Waals surface area (Å²) < 4.78 is 2.03. The van der Waals surface area contributed by atoms with Gasteiger partial charge in [0.15, 0.2) is 17.0 Å². The number of hydrogen-bond donors (Lipinski definition) is 3. The molecule has 2 aromatic heterocycles. The van der Waals surface area contributed by atoms with Gasteiger partial charge in [-0.25, -0.2) is 4.98 Å². The number of aliphatic hydroxyl groups excluding tert-OH is 1. The fraction of sp³-hybridized carbons (Fsp3) is 0.450. The van der Waals surface area contributed by atoms with Crippen molar-refractivity contribution in [1.29, 1.82) is 0 Å². The molecule has 7 heteroatoms. The lowest BCUT2D eigenvalue weighted by molar-refractivity contribution is 0.169. The summed E-state index contributed by atoms with van der Waals surface area (Å²) in [5, 5.41) is 16.6. The van der Waals surface area contributed by atoms with Crippen LogP contribution in [0.3, 0.4) is 0 Å². The number of nitrogens with zero attached hydrogens (tertiary/aromatic N) is 4. The molecule has 27 heavy (non-hydrogen) atoms. The van der Waals surface area contributed by atoms with Crippen molar-refractivity contribution in [1.82, 2.24) is 19.5 Å². The molecule has 3 N–H and O–H groups in total. The van der Waals surface area contributed by atoms with Crippen LogP contribution in [-0.2, 0) is 6.54 Å². The van der Waals surface area contributed by atoms with E-state index < -0.39 is 6.10 Å². The first-order valence-corrected chi connectivity index (χ1v) is 9.46. The Kier molecular flexibility index (Phi) is 5.91. The Morgan fingerprint density at radius 3 is 2.48 bits per heavy atom. The molecule has 0 aliphatic carbocycles. The van der Waals surface area contributed by atoms with Crippen LogP contribution < -0.4 is 10.6 Å². The SMILES string of the molecule is CCC(Nc1nc(NCc2ccccc2)c2ncn(C(C)C)c2n1)[C@@H](C)O. The average molecular weight is 368 g/mol. The normalized spacial score (nSPS) is 13.7. The highest BCUT2D eigenvalue weighted by Crippen LogP contribution is 2.24. The number of anilines is 2. The Bertz CT molecular complexity index is 875. The maximum absolute atomic E-state index is 9.96. The Balaban J connectivity index is 1.96. The first kappa shape index (κ1) is 19.1. The quantitative estimate of drug-likeness (QED) is 0.563. The predicted octanol–water partition coefficient (Wildman–Crippen LogP) is 3.59. The zero-order valence-corrected chi connectivity index (χ0v) is 16.3.